The number of ether oxygens (including phenoxy) is 21. The highest BCUT2D eigenvalue weighted by atomic mass is 16.8. The molecule has 0 aromatic rings. The predicted octanol–water partition coefficient (Wildman–Crippen LogP) is -21.5. The monoisotopic (exact) mass is 1880 g/mol. The molecule has 0 bridgehead atoms. The number of carbonyl (C=O) groups excluding carboxylic acids is 3. The third kappa shape index (κ3) is 22.5. The smallest absolute Gasteiger partial charge is 0.217 e. The molecule has 56 nitrogen and oxygen atoms in total. The molecule has 0 saturated carbocycles. The summed E-state index contributed by atoms with van der Waals surface area (Å²) in [4.78, 5) is 40.8. The maximum Gasteiger partial charge on any atom is 0.217 e. The van der Waals surface area contributed by atoms with Crippen LogP contribution in [0.1, 0.15) is 41.5 Å². The molecule has 0 radical (unpaired) electrons. The molecule has 0 spiro atoms. The van der Waals surface area contributed by atoms with E-state index in [0.29, 0.717) is 0 Å². The van der Waals surface area contributed by atoms with E-state index in [1.165, 1.54) is 20.8 Å². The average Bonchev–Trinajstić information content (AvgIpc) is 0.772. The van der Waals surface area contributed by atoms with E-state index in [4.69, 9.17) is 99.5 Å². The highest BCUT2D eigenvalue weighted by Gasteiger charge is 2.63. The lowest BCUT2D eigenvalue weighted by Gasteiger charge is -2.52. The Hall–Kier alpha value is -3.59. The van der Waals surface area contributed by atoms with Crippen LogP contribution in [0.15, 0.2) is 0 Å². The standard InChI is InChI=1S/C72H121N3O53/c1-15-32(86)39(93)46(100)66(109-15)121-55-26(12-81)117-64(30(74-19(5)84)58(55)125-69-49(103)42(96)35(89)21(7-76)113-69)127-60-37(91)23(9-78)115-71(51(60)105)123-54-25(11-80)116-63(29(73-18(4)83)57(54)124-68-48(102)41(95)34(88)17(3)111-68)108-14-28-38(92)61(52(106)72(119-28)120-53-24(10-79)112-62(107)45(99)44(53)98)128-65-31(75-20(6)85)59(126-70-50(104)43(97)36(90)22(8-77)114-70)56(27(13-82)118-65)122-67-47(101)40(94)33(87)16(2)110-67/h15-17,21-72,76-82,86-107H,7-14H2,1-6H3,(H,73,83)(H,74,84)(H,75,85)/t15-,16-,17-,21+,22+,23+,24+,25+,26+,27+,28+,29+,30+,31+,32+,33+,34+,35-,36-,37-,38-,39+,40+,41+,42-,43-,44+,45+,46-,47-,48-,49+,50+,51+,52+,53+,54+,55+,56+,57+,58+,59+,60-,61-,62?,63+,64-,65-,66-,67-,68-,69-,70-,71-,72-/m0/s1. The van der Waals surface area contributed by atoms with Gasteiger partial charge >= 0.3 is 0 Å². The lowest BCUT2D eigenvalue weighted by molar-refractivity contribution is -0.397. The molecule has 11 rings (SSSR count). The molecule has 0 aromatic carbocycles. The Kier molecular flexibility index (Phi) is 37.0. The Morgan fingerprint density at radius 2 is 0.453 bits per heavy atom. The molecular formula is C72H121N3O53. The zero-order valence-corrected chi connectivity index (χ0v) is 69.2. The molecule has 55 atom stereocenters. The van der Waals surface area contributed by atoms with E-state index >= 15 is 0 Å². The molecule has 11 heterocycles. The quantitative estimate of drug-likeness (QED) is 0.0306. The van der Waals surface area contributed by atoms with Crippen LogP contribution in [0.2, 0.25) is 0 Å². The molecule has 0 aliphatic carbocycles. The molecule has 11 aliphatic heterocycles. The lowest BCUT2D eigenvalue weighted by Crippen LogP contribution is -2.72. The van der Waals surface area contributed by atoms with Crippen molar-refractivity contribution in [2.75, 3.05) is 52.9 Å². The molecule has 11 fully saturated rings. The minimum atomic E-state index is -2.53. The summed E-state index contributed by atoms with van der Waals surface area (Å²) in [6.45, 7) is -2.96. The summed E-state index contributed by atoms with van der Waals surface area (Å²) in [5.41, 5.74) is 0. The van der Waals surface area contributed by atoms with Crippen LogP contribution < -0.4 is 16.0 Å². The Bertz CT molecular complexity index is 3460. The Morgan fingerprint density at radius 1 is 0.219 bits per heavy atom. The summed E-state index contributed by atoms with van der Waals surface area (Å²) >= 11 is 0. The molecule has 3 amide bonds. The first-order chi connectivity index (χ1) is 60.5. The largest absolute Gasteiger partial charge is 0.394 e. The van der Waals surface area contributed by atoms with E-state index in [2.05, 4.69) is 16.0 Å². The Balaban J connectivity index is 0.937. The van der Waals surface area contributed by atoms with Gasteiger partial charge in [-0.25, -0.2) is 0 Å². The van der Waals surface area contributed by atoms with Crippen LogP contribution in [0.5, 0.6) is 0 Å². The minimum Gasteiger partial charge on any atom is -0.394 e. The van der Waals surface area contributed by atoms with Gasteiger partial charge in [0.1, 0.15) is 250 Å². The fourth-order valence-corrected chi connectivity index (χ4v) is 16.9. The third-order valence-corrected chi connectivity index (χ3v) is 24.1. The van der Waals surface area contributed by atoms with E-state index < -0.39 is 408 Å². The van der Waals surface area contributed by atoms with Crippen LogP contribution in [-0.4, -0.2) is 556 Å². The van der Waals surface area contributed by atoms with E-state index in [9.17, 15) is 162 Å². The molecule has 11 saturated heterocycles. The first-order valence-corrected chi connectivity index (χ1v) is 41.2. The maximum absolute atomic E-state index is 13.8. The molecule has 0 aromatic heterocycles. The van der Waals surface area contributed by atoms with Crippen molar-refractivity contribution in [1.82, 2.24) is 16.0 Å². The van der Waals surface area contributed by atoms with Gasteiger partial charge in [-0.1, -0.05) is 0 Å². The first kappa shape index (κ1) is 105. The highest BCUT2D eigenvalue weighted by molar-refractivity contribution is 5.74. The van der Waals surface area contributed by atoms with Crippen LogP contribution in [0.3, 0.4) is 0 Å². The molecule has 11 aliphatic rings. The van der Waals surface area contributed by atoms with Crippen molar-refractivity contribution in [3.8, 4) is 0 Å². The highest BCUT2D eigenvalue weighted by Crippen LogP contribution is 2.43. The number of rotatable bonds is 31. The SMILES string of the molecule is CC(=O)N[C@H]1[C@H](O[C@H]2[C@@H](O)[C@@H](CO[C@@H]3O[C@H](CO)[C@@H](O[C@@H]4O[C@H](CO)[C@H](O)[C@H](O[C@@H]5O[C@H](CO)[C@@H](O[C@@H]6O[C@@H](C)[C@@H](O)[C@@H](O)[C@@H]6O)[C@H](O[C@@H]6O[C@H](CO)[C@H](O)[C@H](O)[C@H]6O)[C@H]5NC(C)=O)[C@H]4O)[C@H](O[C@@H]4O[C@@H](C)[C@@H](O)[C@@H](O)[C@@H]4O)[C@H]3NC(C)=O)O[C@@H](O[C@H]3[C@H](O)[C@@H](O)C(O)O[C@@H]3CO)[C@@H]2O)O[C@H](CO)[C@@H](O[C@@H]2O[C@@H](C)[C@@H](O)[C@@H](O)[C@@H]2O)[C@@H]1O[C@@H]1O[C@H](CO)[C@H](O)[C@H](O)[C@H]1O. The van der Waals surface area contributed by atoms with Gasteiger partial charge in [0.25, 0.3) is 0 Å². The van der Waals surface area contributed by atoms with Crippen LogP contribution in [-0.2, 0) is 114 Å². The van der Waals surface area contributed by atoms with Crippen LogP contribution >= 0.6 is 0 Å². The van der Waals surface area contributed by atoms with Gasteiger partial charge in [-0.15, -0.1) is 0 Å². The Morgan fingerprint density at radius 3 is 0.773 bits per heavy atom. The van der Waals surface area contributed by atoms with Gasteiger partial charge in [0.05, 0.1) is 71.2 Å². The van der Waals surface area contributed by atoms with E-state index in [1.807, 2.05) is 0 Å². The van der Waals surface area contributed by atoms with Crippen molar-refractivity contribution in [3.63, 3.8) is 0 Å². The number of hydrogen-bond donors (Lipinski definition) is 32. The van der Waals surface area contributed by atoms with E-state index in [0.717, 1.165) is 20.8 Å². The molecule has 32 N–H and O–H groups in total. The van der Waals surface area contributed by atoms with Gasteiger partial charge in [0.15, 0.2) is 69.2 Å². The fourth-order valence-electron chi connectivity index (χ4n) is 16.9. The fraction of sp³-hybridized carbons (Fsp3) is 0.958. The number of hydrogen-bond acceptors (Lipinski definition) is 53. The summed E-state index contributed by atoms with van der Waals surface area (Å²) in [6.07, 6.45) is -109. The molecule has 56 heteroatoms. The summed E-state index contributed by atoms with van der Waals surface area (Å²) in [7, 11) is 0. The summed E-state index contributed by atoms with van der Waals surface area (Å²) in [5.74, 6) is -3.08. The molecule has 1 unspecified atom stereocenters. The van der Waals surface area contributed by atoms with Crippen molar-refractivity contribution in [3.05, 3.63) is 0 Å². The number of aliphatic hydroxyl groups excluding tert-OH is 29. The summed E-state index contributed by atoms with van der Waals surface area (Å²) < 4.78 is 127. The van der Waals surface area contributed by atoms with Crippen LogP contribution in [0.25, 0.3) is 0 Å². The van der Waals surface area contributed by atoms with Crippen LogP contribution in [0.4, 0.5) is 0 Å². The summed E-state index contributed by atoms with van der Waals surface area (Å²) in [5, 5.41) is 331. The third-order valence-electron chi connectivity index (χ3n) is 24.1. The average molecular weight is 1880 g/mol. The second kappa shape index (κ2) is 45.1. The second-order valence-corrected chi connectivity index (χ2v) is 33.0. The van der Waals surface area contributed by atoms with E-state index in [1.54, 1.807) is 0 Å². The van der Waals surface area contributed by atoms with Crippen LogP contribution in [0, 0.1) is 0 Å². The zero-order chi connectivity index (χ0) is 94.1. The number of nitrogens with one attached hydrogen (secondary N) is 3. The van der Waals surface area contributed by atoms with Gasteiger partial charge in [-0.3, -0.25) is 14.4 Å². The predicted molar refractivity (Wildman–Crippen MR) is 393 cm³/mol. The van der Waals surface area contributed by atoms with Gasteiger partial charge in [0, 0.05) is 20.8 Å². The topological polar surface area (TPSA) is 868 Å². The second-order valence-electron chi connectivity index (χ2n) is 33.0. The molecule has 742 valence electrons. The van der Waals surface area contributed by atoms with Crippen molar-refractivity contribution >= 4 is 17.7 Å². The van der Waals surface area contributed by atoms with Gasteiger partial charge in [0.2, 0.25) is 17.7 Å². The van der Waals surface area contributed by atoms with Gasteiger partial charge in [-0.05, 0) is 20.8 Å². The van der Waals surface area contributed by atoms with Crippen molar-refractivity contribution < 1.29 is 262 Å². The molecule has 128 heavy (non-hydrogen) atoms. The lowest BCUT2D eigenvalue weighted by atomic mass is 9.93. The minimum absolute atomic E-state index is 0.900. The molecular weight excluding hydrogens is 1750 g/mol. The van der Waals surface area contributed by atoms with Crippen molar-refractivity contribution in [2.45, 2.75) is 379 Å². The zero-order valence-electron chi connectivity index (χ0n) is 69.2. The van der Waals surface area contributed by atoms with Gasteiger partial charge < -0.3 is 264 Å². The Labute approximate surface area is 725 Å². The number of carbonyl (C=O) groups is 3. The van der Waals surface area contributed by atoms with Gasteiger partial charge in [-0.2, -0.15) is 0 Å². The van der Waals surface area contributed by atoms with Crippen molar-refractivity contribution in [2.24, 2.45) is 0 Å². The van der Waals surface area contributed by atoms with Crippen molar-refractivity contribution in [1.29, 1.82) is 0 Å². The summed E-state index contributed by atoms with van der Waals surface area (Å²) in [6, 6.07) is -6.16. The number of amides is 3. The normalized spacial score (nSPS) is 51.6. The maximum atomic E-state index is 13.8. The first-order valence-electron chi connectivity index (χ1n) is 41.2. The number of aliphatic hydroxyl groups is 29. The van der Waals surface area contributed by atoms with E-state index in [-0.39, 0.29) is 0 Å².